The summed E-state index contributed by atoms with van der Waals surface area (Å²) in [5.74, 6) is 1.97. The van der Waals surface area contributed by atoms with Gasteiger partial charge in [0.15, 0.2) is 0 Å². The third-order valence-corrected chi connectivity index (χ3v) is 2.60. The number of hydrogen-bond donors (Lipinski definition) is 1. The SMILES string of the molecule is CCc1nnc(CN(CC)CCO)n1C. The maximum atomic E-state index is 8.88. The third-order valence-electron chi connectivity index (χ3n) is 2.60. The van der Waals surface area contributed by atoms with Gasteiger partial charge in [0.1, 0.15) is 11.6 Å². The molecule has 0 unspecified atom stereocenters. The minimum absolute atomic E-state index is 0.187. The molecule has 5 nitrogen and oxygen atoms in total. The van der Waals surface area contributed by atoms with Gasteiger partial charge in [-0.2, -0.15) is 0 Å². The Hall–Kier alpha value is -0.940. The summed E-state index contributed by atoms with van der Waals surface area (Å²) in [6.45, 7) is 6.68. The first-order valence-electron chi connectivity index (χ1n) is 5.43. The van der Waals surface area contributed by atoms with Crippen LogP contribution in [0.4, 0.5) is 0 Å². The lowest BCUT2D eigenvalue weighted by Gasteiger charge is -2.18. The van der Waals surface area contributed by atoms with Gasteiger partial charge in [0.05, 0.1) is 13.2 Å². The summed E-state index contributed by atoms with van der Waals surface area (Å²) in [5, 5.41) is 17.1. The van der Waals surface area contributed by atoms with Crippen molar-refractivity contribution >= 4 is 0 Å². The van der Waals surface area contributed by atoms with Gasteiger partial charge in [-0.05, 0) is 6.54 Å². The van der Waals surface area contributed by atoms with Gasteiger partial charge in [-0.1, -0.05) is 13.8 Å². The van der Waals surface area contributed by atoms with E-state index >= 15 is 0 Å². The largest absolute Gasteiger partial charge is 0.395 e. The number of aryl methyl sites for hydroxylation is 1. The van der Waals surface area contributed by atoms with Crippen molar-refractivity contribution in [3.05, 3.63) is 11.6 Å². The van der Waals surface area contributed by atoms with Gasteiger partial charge >= 0.3 is 0 Å². The molecule has 15 heavy (non-hydrogen) atoms. The highest BCUT2D eigenvalue weighted by Gasteiger charge is 2.10. The second-order valence-electron chi connectivity index (χ2n) is 3.54. The van der Waals surface area contributed by atoms with Crippen LogP contribution < -0.4 is 0 Å². The van der Waals surface area contributed by atoms with E-state index < -0.39 is 0 Å². The second kappa shape index (κ2) is 5.82. The molecule has 86 valence electrons. The molecule has 1 heterocycles. The highest BCUT2D eigenvalue weighted by atomic mass is 16.3. The van der Waals surface area contributed by atoms with Crippen molar-refractivity contribution in [1.29, 1.82) is 0 Å². The van der Waals surface area contributed by atoms with Crippen LogP contribution in [-0.2, 0) is 20.0 Å². The van der Waals surface area contributed by atoms with Gasteiger partial charge in [-0.25, -0.2) is 0 Å². The van der Waals surface area contributed by atoms with Crippen LogP contribution in [0.25, 0.3) is 0 Å². The Morgan fingerprint density at radius 2 is 1.93 bits per heavy atom. The van der Waals surface area contributed by atoms with E-state index in [0.717, 1.165) is 31.2 Å². The zero-order chi connectivity index (χ0) is 11.3. The van der Waals surface area contributed by atoms with Crippen LogP contribution >= 0.6 is 0 Å². The zero-order valence-electron chi connectivity index (χ0n) is 9.77. The minimum atomic E-state index is 0.187. The molecule has 0 saturated carbocycles. The van der Waals surface area contributed by atoms with E-state index in [4.69, 9.17) is 5.11 Å². The van der Waals surface area contributed by atoms with Crippen LogP contribution in [0.15, 0.2) is 0 Å². The zero-order valence-corrected chi connectivity index (χ0v) is 9.77. The molecule has 1 aromatic heterocycles. The lowest BCUT2D eigenvalue weighted by molar-refractivity contribution is 0.192. The second-order valence-corrected chi connectivity index (χ2v) is 3.54. The Morgan fingerprint density at radius 1 is 1.27 bits per heavy atom. The predicted octanol–water partition coefficient (Wildman–Crippen LogP) is 0.192. The number of rotatable bonds is 6. The third kappa shape index (κ3) is 3.00. The molecule has 0 amide bonds. The molecule has 5 heteroatoms. The molecule has 0 aromatic carbocycles. The van der Waals surface area contributed by atoms with Gasteiger partial charge < -0.3 is 9.67 Å². The van der Waals surface area contributed by atoms with E-state index in [1.54, 1.807) is 0 Å². The fourth-order valence-corrected chi connectivity index (χ4v) is 1.53. The first-order chi connectivity index (χ1) is 7.22. The van der Waals surface area contributed by atoms with Gasteiger partial charge in [-0.3, -0.25) is 4.90 Å². The summed E-state index contributed by atoms with van der Waals surface area (Å²) in [5.41, 5.74) is 0. The number of hydrogen-bond acceptors (Lipinski definition) is 4. The Morgan fingerprint density at radius 3 is 2.40 bits per heavy atom. The number of likely N-dealkylation sites (N-methyl/N-ethyl adjacent to an activating group) is 1. The first-order valence-corrected chi connectivity index (χ1v) is 5.43. The highest BCUT2D eigenvalue weighted by Crippen LogP contribution is 2.03. The van der Waals surface area contributed by atoms with E-state index in [1.807, 2.05) is 11.6 Å². The van der Waals surface area contributed by atoms with Crippen molar-refractivity contribution in [3.8, 4) is 0 Å². The molecule has 0 aliphatic heterocycles. The van der Waals surface area contributed by atoms with Crippen molar-refractivity contribution in [2.45, 2.75) is 26.8 Å². The Balaban J connectivity index is 2.66. The molecular weight excluding hydrogens is 192 g/mol. The lowest BCUT2D eigenvalue weighted by atomic mass is 10.4. The van der Waals surface area contributed by atoms with Crippen LogP contribution in [0.3, 0.4) is 0 Å². The van der Waals surface area contributed by atoms with E-state index in [1.165, 1.54) is 0 Å². The summed E-state index contributed by atoms with van der Waals surface area (Å²) in [4.78, 5) is 2.14. The van der Waals surface area contributed by atoms with E-state index in [2.05, 4.69) is 28.9 Å². The average Bonchev–Trinajstić information content (AvgIpc) is 2.59. The Labute approximate surface area is 90.7 Å². The summed E-state index contributed by atoms with van der Waals surface area (Å²) >= 11 is 0. The van der Waals surface area contributed by atoms with Crippen LogP contribution in [-0.4, -0.2) is 44.5 Å². The topological polar surface area (TPSA) is 54.2 Å². The molecule has 0 aliphatic rings. The van der Waals surface area contributed by atoms with Crippen molar-refractivity contribution in [3.63, 3.8) is 0 Å². The minimum Gasteiger partial charge on any atom is -0.395 e. The molecule has 0 saturated heterocycles. The highest BCUT2D eigenvalue weighted by molar-refractivity contribution is 4.94. The number of aromatic nitrogens is 3. The van der Waals surface area contributed by atoms with Crippen molar-refractivity contribution in [2.75, 3.05) is 19.7 Å². The predicted molar refractivity (Wildman–Crippen MR) is 58.4 cm³/mol. The van der Waals surface area contributed by atoms with Gasteiger partial charge in [0.2, 0.25) is 0 Å². The first kappa shape index (κ1) is 12.1. The maximum absolute atomic E-state index is 8.88. The summed E-state index contributed by atoms with van der Waals surface area (Å²) in [6.07, 6.45) is 0.898. The smallest absolute Gasteiger partial charge is 0.146 e. The number of aliphatic hydroxyl groups is 1. The van der Waals surface area contributed by atoms with Crippen molar-refractivity contribution < 1.29 is 5.11 Å². The average molecular weight is 212 g/mol. The lowest BCUT2D eigenvalue weighted by Crippen LogP contribution is -2.27. The van der Waals surface area contributed by atoms with Crippen LogP contribution in [0.2, 0.25) is 0 Å². The molecule has 1 aromatic rings. The van der Waals surface area contributed by atoms with Gasteiger partial charge in [0.25, 0.3) is 0 Å². The van der Waals surface area contributed by atoms with E-state index in [9.17, 15) is 0 Å². The molecule has 1 rings (SSSR count). The molecule has 0 aliphatic carbocycles. The van der Waals surface area contributed by atoms with E-state index in [-0.39, 0.29) is 6.61 Å². The quantitative estimate of drug-likeness (QED) is 0.731. The number of nitrogens with zero attached hydrogens (tertiary/aromatic N) is 4. The summed E-state index contributed by atoms with van der Waals surface area (Å²) in [7, 11) is 1.99. The van der Waals surface area contributed by atoms with Crippen molar-refractivity contribution in [2.24, 2.45) is 7.05 Å². The van der Waals surface area contributed by atoms with Gasteiger partial charge in [0, 0.05) is 20.0 Å². The fraction of sp³-hybridized carbons (Fsp3) is 0.800. The normalized spacial score (nSPS) is 11.3. The van der Waals surface area contributed by atoms with Gasteiger partial charge in [-0.15, -0.1) is 10.2 Å². The molecule has 0 atom stereocenters. The molecule has 0 spiro atoms. The monoisotopic (exact) mass is 212 g/mol. The molecular formula is C10H20N4O. The molecule has 1 N–H and O–H groups in total. The molecule has 0 fully saturated rings. The van der Waals surface area contributed by atoms with E-state index in [0.29, 0.717) is 6.54 Å². The van der Waals surface area contributed by atoms with Crippen molar-refractivity contribution in [1.82, 2.24) is 19.7 Å². The number of aliphatic hydroxyl groups excluding tert-OH is 1. The van der Waals surface area contributed by atoms with Crippen LogP contribution in [0.5, 0.6) is 0 Å². The Bertz CT molecular complexity index is 298. The molecule has 0 radical (unpaired) electrons. The Kier molecular flexibility index (Phi) is 4.71. The molecule has 0 bridgehead atoms. The van der Waals surface area contributed by atoms with Crippen LogP contribution in [0, 0.1) is 0 Å². The summed E-state index contributed by atoms with van der Waals surface area (Å²) in [6, 6.07) is 0. The summed E-state index contributed by atoms with van der Waals surface area (Å²) < 4.78 is 2.03. The fourth-order valence-electron chi connectivity index (χ4n) is 1.53. The maximum Gasteiger partial charge on any atom is 0.146 e. The van der Waals surface area contributed by atoms with Crippen LogP contribution in [0.1, 0.15) is 25.5 Å². The standard InChI is InChI=1S/C10H20N4O/c1-4-9-11-12-10(13(9)3)8-14(5-2)6-7-15/h15H,4-8H2,1-3H3.